The molecule has 0 aromatic heterocycles. The van der Waals surface area contributed by atoms with Crippen LogP contribution in [-0.4, -0.2) is 186 Å². The van der Waals surface area contributed by atoms with Gasteiger partial charge in [-0.15, -0.1) is 0 Å². The van der Waals surface area contributed by atoms with E-state index in [1.807, 2.05) is 0 Å². The van der Waals surface area contributed by atoms with Crippen molar-refractivity contribution in [2.75, 3.05) is 6.61 Å². The van der Waals surface area contributed by atoms with Crippen LogP contribution in [-0.2, 0) is 42.7 Å². The molecule has 19 nitrogen and oxygen atoms in total. The minimum Gasteiger partial charge on any atom is -0.481 e. The maximum atomic E-state index is 11.3. The normalized spacial score (nSPS) is 42.9. The van der Waals surface area contributed by atoms with Crippen LogP contribution in [0.15, 0.2) is 0 Å². The molecule has 4 saturated heterocycles. The molecule has 4 fully saturated rings. The van der Waals surface area contributed by atoms with Gasteiger partial charge in [0.25, 0.3) is 0 Å². The lowest BCUT2D eigenvalue weighted by Crippen LogP contribution is -2.65. The van der Waals surface area contributed by atoms with E-state index >= 15 is 0 Å². The van der Waals surface area contributed by atoms with Gasteiger partial charge in [-0.3, -0.25) is 4.79 Å². The first-order valence-electron chi connectivity index (χ1n) is 21.1. The van der Waals surface area contributed by atoms with Gasteiger partial charge in [-0.1, -0.05) is 64.7 Å². The summed E-state index contributed by atoms with van der Waals surface area (Å²) in [7, 11) is 0. The lowest BCUT2D eigenvalue weighted by molar-refractivity contribution is -0.384. The van der Waals surface area contributed by atoms with Crippen LogP contribution in [0.2, 0.25) is 0 Å². The highest BCUT2D eigenvalue weighted by atomic mass is 16.8. The Balaban J connectivity index is 1.33. The molecule has 0 spiro atoms. The third-order valence-corrected chi connectivity index (χ3v) is 11.5. The molecule has 20 unspecified atom stereocenters. The summed E-state index contributed by atoms with van der Waals surface area (Å²) in [6, 6.07) is 0. The van der Waals surface area contributed by atoms with Crippen LogP contribution in [0.3, 0.4) is 0 Å². The Morgan fingerprint density at radius 1 is 0.534 bits per heavy atom. The van der Waals surface area contributed by atoms with E-state index in [0.717, 1.165) is 64.2 Å². The van der Waals surface area contributed by atoms with E-state index in [0.29, 0.717) is 12.8 Å². The first kappa shape index (κ1) is 49.4. The molecule has 4 aliphatic heterocycles. The fourth-order valence-corrected chi connectivity index (χ4v) is 7.86. The van der Waals surface area contributed by atoms with Gasteiger partial charge in [0.15, 0.2) is 25.2 Å². The number of unbranched alkanes of at least 4 members (excludes halogenated alkanes) is 8. The highest BCUT2D eigenvalue weighted by Gasteiger charge is 2.53. The number of carbonyl (C=O) groups is 1. The van der Waals surface area contributed by atoms with Gasteiger partial charge in [-0.05, 0) is 40.0 Å². The maximum Gasteiger partial charge on any atom is 0.303 e. The van der Waals surface area contributed by atoms with Crippen LogP contribution in [0.1, 0.15) is 111 Å². The monoisotopic (exact) mass is 842 g/mol. The first-order valence-corrected chi connectivity index (χ1v) is 21.1. The van der Waals surface area contributed by atoms with Gasteiger partial charge in [0.1, 0.15) is 73.2 Å². The van der Waals surface area contributed by atoms with E-state index < -0.39 is 123 Å². The van der Waals surface area contributed by atoms with E-state index in [9.17, 15) is 50.8 Å². The minimum absolute atomic E-state index is 0.188. The first-order chi connectivity index (χ1) is 27.5. The molecule has 58 heavy (non-hydrogen) atoms. The molecule has 0 aromatic carbocycles. The predicted molar refractivity (Wildman–Crippen MR) is 200 cm³/mol. The second-order valence-corrected chi connectivity index (χ2v) is 16.3. The number of hydrogen-bond acceptors (Lipinski definition) is 18. The van der Waals surface area contributed by atoms with Crippen molar-refractivity contribution in [3.63, 3.8) is 0 Å². The van der Waals surface area contributed by atoms with Crippen LogP contribution in [0.25, 0.3) is 0 Å². The largest absolute Gasteiger partial charge is 0.481 e. The van der Waals surface area contributed by atoms with Crippen molar-refractivity contribution >= 4 is 5.97 Å². The Hall–Kier alpha value is -1.21. The Morgan fingerprint density at radius 2 is 0.983 bits per heavy atom. The van der Waals surface area contributed by atoms with Crippen LogP contribution in [0.5, 0.6) is 0 Å². The molecule has 0 saturated carbocycles. The van der Waals surface area contributed by atoms with Crippen molar-refractivity contribution in [2.24, 2.45) is 0 Å². The average Bonchev–Trinajstić information content (AvgIpc) is 3.18. The molecule has 19 heteroatoms. The lowest BCUT2D eigenvalue weighted by atomic mass is 9.96. The Morgan fingerprint density at radius 3 is 1.50 bits per heavy atom. The number of carboxylic acids is 1. The minimum atomic E-state index is -1.77. The molecule has 4 rings (SSSR count). The quantitative estimate of drug-likeness (QED) is 0.0617. The van der Waals surface area contributed by atoms with Crippen molar-refractivity contribution in [3.05, 3.63) is 0 Å². The third-order valence-electron chi connectivity index (χ3n) is 11.5. The predicted octanol–water partition coefficient (Wildman–Crippen LogP) is -0.458. The number of hydrogen-bond donors (Lipinski definition) is 10. The van der Waals surface area contributed by atoms with Crippen molar-refractivity contribution in [3.8, 4) is 0 Å². The van der Waals surface area contributed by atoms with Gasteiger partial charge < -0.3 is 89.0 Å². The van der Waals surface area contributed by atoms with Crippen LogP contribution in [0.4, 0.5) is 0 Å². The van der Waals surface area contributed by atoms with E-state index in [1.165, 1.54) is 20.8 Å². The Labute approximate surface area is 340 Å². The third kappa shape index (κ3) is 13.4. The standard InChI is InChI=1S/C39H70O19/c1-5-6-12-15-22(16-13-10-8-7-9-11-14-17-24(41)42)55-39-35(26(44)23(40)18-51-39)58-38-32(50)29(47)34(21(4)54-38)57-37-31(49)28(46)33(20(3)53-37)56-36-30(48)27(45)25(43)19(2)52-36/h19-23,25-40,43-50H,5-18H2,1-4H3,(H,41,42). The Kier molecular flexibility index (Phi) is 20.3. The molecule has 0 aromatic rings. The molecule has 0 radical (unpaired) electrons. The van der Waals surface area contributed by atoms with E-state index in [2.05, 4.69) is 6.92 Å². The summed E-state index contributed by atoms with van der Waals surface area (Å²) in [5.41, 5.74) is 0. The van der Waals surface area contributed by atoms with Gasteiger partial charge in [0.2, 0.25) is 0 Å². The lowest BCUT2D eigenvalue weighted by Gasteiger charge is -2.48. The smallest absolute Gasteiger partial charge is 0.303 e. The summed E-state index contributed by atoms with van der Waals surface area (Å²) < 4.78 is 47.0. The van der Waals surface area contributed by atoms with Crippen molar-refractivity contribution in [1.29, 1.82) is 0 Å². The highest BCUT2D eigenvalue weighted by Crippen LogP contribution is 2.34. The molecule has 0 aliphatic carbocycles. The maximum absolute atomic E-state index is 11.3. The van der Waals surface area contributed by atoms with Crippen LogP contribution < -0.4 is 0 Å². The van der Waals surface area contributed by atoms with E-state index in [4.69, 9.17) is 43.0 Å². The van der Waals surface area contributed by atoms with Crippen molar-refractivity contribution in [2.45, 2.75) is 234 Å². The van der Waals surface area contributed by atoms with Crippen molar-refractivity contribution < 1.29 is 93.8 Å². The summed E-state index contributed by atoms with van der Waals surface area (Å²) in [5.74, 6) is -0.776. The second-order valence-electron chi connectivity index (χ2n) is 16.3. The zero-order chi connectivity index (χ0) is 42.7. The zero-order valence-electron chi connectivity index (χ0n) is 34.1. The summed E-state index contributed by atoms with van der Waals surface area (Å²) >= 11 is 0. The van der Waals surface area contributed by atoms with Crippen molar-refractivity contribution in [1.82, 2.24) is 0 Å². The molecule has 0 bridgehead atoms. The number of aliphatic carboxylic acids is 1. The number of carboxylic acid groups (broad SMARTS) is 1. The molecular weight excluding hydrogens is 772 g/mol. The second kappa shape index (κ2) is 23.9. The van der Waals surface area contributed by atoms with Gasteiger partial charge in [0.05, 0.1) is 31.0 Å². The summed E-state index contributed by atoms with van der Waals surface area (Å²) in [6.45, 7) is 6.33. The van der Waals surface area contributed by atoms with Gasteiger partial charge in [-0.2, -0.15) is 0 Å². The number of aliphatic hydroxyl groups is 9. The van der Waals surface area contributed by atoms with E-state index in [1.54, 1.807) is 0 Å². The number of ether oxygens (including phenoxy) is 8. The fraction of sp³-hybridized carbons (Fsp3) is 0.974. The molecule has 0 amide bonds. The molecule has 10 N–H and O–H groups in total. The van der Waals surface area contributed by atoms with Gasteiger partial charge in [0, 0.05) is 6.42 Å². The summed E-state index contributed by atoms with van der Waals surface area (Å²) in [4.78, 5) is 10.7. The molecule has 4 heterocycles. The summed E-state index contributed by atoms with van der Waals surface area (Å²) in [5, 5.41) is 105. The average molecular weight is 843 g/mol. The highest BCUT2D eigenvalue weighted by molar-refractivity contribution is 5.66. The van der Waals surface area contributed by atoms with E-state index in [-0.39, 0.29) is 19.1 Å². The SMILES string of the molecule is CCCCCC(CCCCCCCCCC(=O)O)OC1OCC(O)C(O)C1OC1OC(C)C(OC2OC(C)C(OC3OC(C)C(O)C(O)C3O)C(O)C2O)C(O)C1O. The molecule has 4 aliphatic rings. The van der Waals surface area contributed by atoms with Crippen LogP contribution >= 0.6 is 0 Å². The summed E-state index contributed by atoms with van der Waals surface area (Å²) in [6.07, 6.45) is -16.3. The Bertz CT molecular complexity index is 1190. The topological polar surface area (TPSA) is 293 Å². The fourth-order valence-electron chi connectivity index (χ4n) is 7.86. The zero-order valence-corrected chi connectivity index (χ0v) is 34.1. The molecule has 20 atom stereocenters. The van der Waals surface area contributed by atoms with Gasteiger partial charge in [-0.25, -0.2) is 0 Å². The van der Waals surface area contributed by atoms with Gasteiger partial charge >= 0.3 is 5.97 Å². The van der Waals surface area contributed by atoms with Crippen LogP contribution in [0, 0.1) is 0 Å². The number of rotatable bonds is 22. The molecule has 340 valence electrons. The molecular formula is C39H70O19. The number of aliphatic hydroxyl groups excluding tert-OH is 9.